The van der Waals surface area contributed by atoms with E-state index in [1.54, 1.807) is 19.5 Å². The van der Waals surface area contributed by atoms with Crippen LogP contribution < -0.4 is 20.1 Å². The second kappa shape index (κ2) is 17.7. The molecular formula is C54H60FN9O8. The number of rotatable bonds is 12. The number of halogens is 1. The average molecular weight is 982 g/mol. The van der Waals surface area contributed by atoms with Crippen LogP contribution in [0.4, 0.5) is 14.0 Å². The molecule has 5 aliphatic rings. The third-order valence-electron chi connectivity index (χ3n) is 15.7. The van der Waals surface area contributed by atoms with Gasteiger partial charge in [0.25, 0.3) is 0 Å². The van der Waals surface area contributed by atoms with Crippen LogP contribution in [0, 0.1) is 28.5 Å². The summed E-state index contributed by atoms with van der Waals surface area (Å²) in [5.41, 5.74) is 5.30. The number of aromatic amines is 2. The first-order chi connectivity index (χ1) is 34.6. The number of hydrogen-bond acceptors (Lipinski definition) is 10. The van der Waals surface area contributed by atoms with Crippen LogP contribution in [0.5, 0.6) is 11.5 Å². The maximum Gasteiger partial charge on any atom is 0.407 e. The van der Waals surface area contributed by atoms with E-state index in [-0.39, 0.29) is 46.6 Å². The fourth-order valence-corrected chi connectivity index (χ4v) is 11.3. The molecule has 17 nitrogen and oxygen atoms in total. The van der Waals surface area contributed by atoms with E-state index in [9.17, 15) is 19.2 Å². The van der Waals surface area contributed by atoms with Gasteiger partial charge in [0.15, 0.2) is 0 Å². The van der Waals surface area contributed by atoms with E-state index in [1.807, 2.05) is 96.7 Å². The van der Waals surface area contributed by atoms with E-state index in [0.29, 0.717) is 58.8 Å². The Morgan fingerprint density at radius 2 is 1.31 bits per heavy atom. The maximum atomic E-state index is 17.1. The fraction of sp³-hybridized carbons (Fsp3) is 0.444. The van der Waals surface area contributed by atoms with Gasteiger partial charge in [-0.25, -0.2) is 23.9 Å². The van der Waals surface area contributed by atoms with Crippen molar-refractivity contribution in [3.63, 3.8) is 0 Å². The van der Waals surface area contributed by atoms with Crippen molar-refractivity contribution in [2.75, 3.05) is 34.4 Å². The van der Waals surface area contributed by atoms with Gasteiger partial charge in [0.1, 0.15) is 41.0 Å². The van der Waals surface area contributed by atoms with Gasteiger partial charge in [-0.2, -0.15) is 0 Å². The number of amides is 4. The molecule has 4 N–H and O–H groups in total. The lowest BCUT2D eigenvalue weighted by Gasteiger charge is -2.31. The molecule has 376 valence electrons. The number of nitrogens with zero attached hydrogens (tertiary/aromatic N) is 5. The lowest BCUT2D eigenvalue weighted by molar-refractivity contribution is -0.136. The summed E-state index contributed by atoms with van der Waals surface area (Å²) in [6.07, 6.45) is 7.01. The van der Waals surface area contributed by atoms with Crippen molar-refractivity contribution >= 4 is 34.9 Å². The maximum absolute atomic E-state index is 17.1. The van der Waals surface area contributed by atoms with Gasteiger partial charge in [-0.15, -0.1) is 0 Å². The normalized spacial score (nSPS) is 20.8. The smallest absolute Gasteiger partial charge is 0.407 e. The zero-order valence-electron chi connectivity index (χ0n) is 41.5. The van der Waals surface area contributed by atoms with Crippen LogP contribution >= 0.6 is 0 Å². The van der Waals surface area contributed by atoms with Crippen LogP contribution in [0.3, 0.4) is 0 Å². The number of hydrogen-bond donors (Lipinski definition) is 4. The van der Waals surface area contributed by atoms with Gasteiger partial charge >= 0.3 is 12.2 Å². The summed E-state index contributed by atoms with van der Waals surface area (Å²) >= 11 is 0. The minimum atomic E-state index is -0.780. The first kappa shape index (κ1) is 47.0. The summed E-state index contributed by atoms with van der Waals surface area (Å²) < 4.78 is 41.3. The van der Waals surface area contributed by atoms with Crippen LogP contribution in [-0.2, 0) is 19.1 Å². The van der Waals surface area contributed by atoms with Crippen molar-refractivity contribution < 1.29 is 42.5 Å². The molecule has 0 bridgehead atoms. The molecule has 2 saturated heterocycles. The second-order valence-electron chi connectivity index (χ2n) is 21.2. The number of aromatic nitrogens is 5. The topological polar surface area (TPSA) is 198 Å². The predicted octanol–water partition coefficient (Wildman–Crippen LogP) is 9.04. The number of carbonyl (C=O) groups excluding carboxylic acids is 4. The molecule has 2 spiro atoms. The van der Waals surface area contributed by atoms with Gasteiger partial charge in [-0.05, 0) is 104 Å². The Hall–Kier alpha value is -7.37. The number of H-pyrrole nitrogens is 2. The third-order valence-corrected chi connectivity index (χ3v) is 15.7. The van der Waals surface area contributed by atoms with Crippen molar-refractivity contribution in [1.29, 1.82) is 0 Å². The number of ether oxygens (including phenoxy) is 4. The Kier molecular flexibility index (Phi) is 11.6. The van der Waals surface area contributed by atoms with Crippen LogP contribution in [0.2, 0.25) is 0 Å². The first-order valence-corrected chi connectivity index (χ1v) is 24.8. The summed E-state index contributed by atoms with van der Waals surface area (Å²) in [5, 5.41) is 6.33. The zero-order valence-corrected chi connectivity index (χ0v) is 41.5. The standard InChI is InChI=1S/C54H60FN9O8/c1-28(2)44(60-51(67)70-6)48(65)62-26-53(13-14-53)22-40(62)46-56-24-36(58-46)30-11-12-38-33(17-30)20-39-43-35(55)19-32(21-42(43)72-50(64(38)39)31-9-8-10-34(18-31)69-5)37-25-57-47(59-37)41-23-54(15-16-54)27-63(41)49(66)45(29(3)4)61-52(68)71-7/h8-12,17-21,24-25,28-29,40-41,44-45,50H,13-16,22-23,26-27H2,1-7H3,(H,56,58)(H,57,59)(H,60,67)(H,61,68)/t40-,41-,44-,45-,50?/m0/s1. The number of benzene rings is 3. The number of likely N-dealkylation sites (tertiary alicyclic amines) is 2. The van der Waals surface area contributed by atoms with E-state index in [2.05, 4.69) is 20.6 Å². The van der Waals surface area contributed by atoms with E-state index in [1.165, 1.54) is 20.3 Å². The van der Waals surface area contributed by atoms with Gasteiger partial charge in [0.2, 0.25) is 18.0 Å². The Morgan fingerprint density at radius 1 is 0.736 bits per heavy atom. The van der Waals surface area contributed by atoms with Gasteiger partial charge in [0.05, 0.1) is 74.0 Å². The van der Waals surface area contributed by atoms with E-state index in [4.69, 9.17) is 28.9 Å². The lowest BCUT2D eigenvalue weighted by Crippen LogP contribution is -2.51. The third kappa shape index (κ3) is 8.27. The molecule has 5 atom stereocenters. The largest absolute Gasteiger partial charge is 0.497 e. The molecule has 18 heteroatoms. The van der Waals surface area contributed by atoms with Crippen molar-refractivity contribution in [1.82, 2.24) is 44.9 Å². The molecule has 4 fully saturated rings. The first-order valence-electron chi connectivity index (χ1n) is 24.8. The SMILES string of the molecule is COC(=O)N[C@H](C(=O)N1CC2(CC2)C[C@H]1c1ncc(-c2cc(F)c3c(c2)OC(c2cccc(OC)c2)n2c-3cc3cc(-c4cnc([C@@H]5CC6(CC6)CN5C(=O)[C@@H](NC(=O)OC)C(C)C)[nH]4)ccc32)[nH]1)C(C)C. The predicted molar refractivity (Wildman–Crippen MR) is 264 cm³/mol. The Labute approximate surface area is 416 Å². The van der Waals surface area contributed by atoms with E-state index >= 15 is 4.39 Å². The van der Waals surface area contributed by atoms with Crippen molar-refractivity contribution in [2.45, 2.75) is 96.6 Å². The summed E-state index contributed by atoms with van der Waals surface area (Å²) in [5.74, 6) is 1.07. The number of nitrogens with one attached hydrogen (secondary N) is 4. The summed E-state index contributed by atoms with van der Waals surface area (Å²) in [6.45, 7) is 8.74. The number of methoxy groups -OCH3 is 3. The fourth-order valence-electron chi connectivity index (χ4n) is 11.3. The number of fused-ring (bicyclic) bond motifs is 5. The van der Waals surface area contributed by atoms with Gasteiger partial charge in [-0.3, -0.25) is 9.59 Å². The molecule has 6 aromatic rings. The Balaban J connectivity index is 0.922. The Morgan fingerprint density at radius 3 is 1.83 bits per heavy atom. The molecule has 72 heavy (non-hydrogen) atoms. The molecule has 3 aromatic heterocycles. The zero-order chi connectivity index (χ0) is 50.4. The lowest BCUT2D eigenvalue weighted by atomic mass is 10.0. The highest BCUT2D eigenvalue weighted by atomic mass is 19.1. The number of carbonyl (C=O) groups is 4. The van der Waals surface area contributed by atoms with Crippen molar-refractivity contribution in [3.05, 3.63) is 96.1 Å². The average Bonchev–Trinajstić information content (AvgIpc) is 3.83. The van der Waals surface area contributed by atoms with E-state index < -0.39 is 36.3 Å². The Bertz CT molecular complexity index is 3130. The van der Waals surface area contributed by atoms with Crippen LogP contribution in [0.15, 0.2) is 73.1 Å². The molecule has 3 aromatic carbocycles. The van der Waals surface area contributed by atoms with Crippen molar-refractivity contribution in [3.8, 4) is 45.3 Å². The van der Waals surface area contributed by atoms with E-state index in [0.717, 1.165) is 66.2 Å². The molecule has 2 saturated carbocycles. The summed E-state index contributed by atoms with van der Waals surface area (Å²) in [6, 6.07) is 16.8. The highest BCUT2D eigenvalue weighted by molar-refractivity contribution is 5.93. The molecule has 11 rings (SSSR count). The minimum Gasteiger partial charge on any atom is -0.497 e. The minimum absolute atomic E-state index is 0.00415. The van der Waals surface area contributed by atoms with Crippen LogP contribution in [0.1, 0.15) is 102 Å². The van der Waals surface area contributed by atoms with Gasteiger partial charge in [-0.1, -0.05) is 45.9 Å². The quantitative estimate of drug-likeness (QED) is 0.0918. The highest BCUT2D eigenvalue weighted by Crippen LogP contribution is 2.60. The molecule has 4 amide bonds. The van der Waals surface area contributed by atoms with Crippen LogP contribution in [0.25, 0.3) is 44.7 Å². The summed E-state index contributed by atoms with van der Waals surface area (Å²) in [4.78, 5) is 73.1. The monoisotopic (exact) mass is 981 g/mol. The van der Waals surface area contributed by atoms with Crippen LogP contribution in [-0.4, -0.2) is 105 Å². The molecule has 6 heterocycles. The molecule has 1 unspecified atom stereocenters. The van der Waals surface area contributed by atoms with Crippen molar-refractivity contribution in [2.24, 2.45) is 22.7 Å². The molecule has 3 aliphatic heterocycles. The number of imidazole rings is 2. The molecule has 2 aliphatic carbocycles. The molecular weight excluding hydrogens is 922 g/mol. The molecule has 0 radical (unpaired) electrons. The van der Waals surface area contributed by atoms with Gasteiger partial charge < -0.3 is 53.9 Å². The highest BCUT2D eigenvalue weighted by Gasteiger charge is 2.56. The van der Waals surface area contributed by atoms with Gasteiger partial charge in [0, 0.05) is 35.2 Å². The summed E-state index contributed by atoms with van der Waals surface area (Å²) in [7, 11) is 4.18. The second-order valence-corrected chi connectivity index (χ2v) is 21.2. The number of alkyl carbamates (subject to hydrolysis) is 2.